The van der Waals surface area contributed by atoms with Gasteiger partial charge in [0.2, 0.25) is 0 Å². The number of rotatable bonds is 4. The molecule has 1 fully saturated rings. The summed E-state index contributed by atoms with van der Waals surface area (Å²) in [4.78, 5) is 24.1. The van der Waals surface area contributed by atoms with Crippen molar-refractivity contribution in [3.63, 3.8) is 0 Å². The van der Waals surface area contributed by atoms with Crippen LogP contribution in [0.5, 0.6) is 0 Å². The van der Waals surface area contributed by atoms with Crippen molar-refractivity contribution in [2.24, 2.45) is 0 Å². The Hall–Kier alpha value is -1.88. The van der Waals surface area contributed by atoms with E-state index >= 15 is 0 Å². The van der Waals surface area contributed by atoms with Gasteiger partial charge in [-0.3, -0.25) is 0 Å². The fourth-order valence-electron chi connectivity index (χ4n) is 2.40. The van der Waals surface area contributed by atoms with Gasteiger partial charge in [0, 0.05) is 0 Å². The number of methoxy groups -OCH3 is 1. The number of aromatic carboxylic acids is 1. The normalized spacial score (nSPS) is 14.6. The van der Waals surface area contributed by atoms with Crippen LogP contribution < -0.4 is 0 Å². The Labute approximate surface area is 131 Å². The zero-order chi connectivity index (χ0) is 16.4. The van der Waals surface area contributed by atoms with Gasteiger partial charge >= 0.3 is 11.9 Å². The molecule has 5 nitrogen and oxygen atoms in total. The van der Waals surface area contributed by atoms with Crippen LogP contribution in [0.1, 0.15) is 53.3 Å². The van der Waals surface area contributed by atoms with Crippen molar-refractivity contribution in [3.05, 3.63) is 35.4 Å². The lowest BCUT2D eigenvalue weighted by atomic mass is 10.1. The van der Waals surface area contributed by atoms with Crippen LogP contribution in [-0.4, -0.2) is 48.7 Å². The molecule has 22 heavy (non-hydrogen) atoms. The van der Waals surface area contributed by atoms with E-state index in [9.17, 15) is 9.59 Å². The molecule has 0 unspecified atom stereocenters. The molecule has 1 aliphatic rings. The van der Waals surface area contributed by atoms with Crippen molar-refractivity contribution in [3.8, 4) is 0 Å². The first-order valence-corrected chi connectivity index (χ1v) is 7.72. The van der Waals surface area contributed by atoms with Crippen LogP contribution in [0.4, 0.5) is 0 Å². The Balaban J connectivity index is 0.000000235. The lowest BCUT2D eigenvalue weighted by Gasteiger charge is -2.25. The maximum absolute atomic E-state index is 11.0. The highest BCUT2D eigenvalue weighted by molar-refractivity contribution is 5.94. The highest BCUT2D eigenvalue weighted by atomic mass is 16.5. The SMILES string of the molecule is CCCN1CCCCC1.COC(=O)c1cccc(C(=O)O)c1. The van der Waals surface area contributed by atoms with Crippen LogP contribution in [0.15, 0.2) is 24.3 Å². The first-order valence-electron chi connectivity index (χ1n) is 7.72. The molecule has 122 valence electrons. The molecule has 0 bridgehead atoms. The molecule has 0 atom stereocenters. The summed E-state index contributed by atoms with van der Waals surface area (Å²) in [6, 6.07) is 5.68. The predicted octanol–water partition coefficient (Wildman–Crippen LogP) is 3.05. The molecule has 0 aromatic heterocycles. The molecule has 2 rings (SSSR count). The van der Waals surface area contributed by atoms with Crippen molar-refractivity contribution in [2.45, 2.75) is 32.6 Å². The van der Waals surface area contributed by atoms with E-state index in [1.807, 2.05) is 0 Å². The molecular weight excluding hydrogens is 282 g/mol. The zero-order valence-electron chi connectivity index (χ0n) is 13.4. The summed E-state index contributed by atoms with van der Waals surface area (Å²) < 4.78 is 4.44. The topological polar surface area (TPSA) is 66.8 Å². The number of nitrogens with zero attached hydrogens (tertiary/aromatic N) is 1. The second kappa shape index (κ2) is 9.95. The molecule has 1 aromatic rings. The number of benzene rings is 1. The summed E-state index contributed by atoms with van der Waals surface area (Å²) in [6.07, 6.45) is 5.64. The molecule has 0 spiro atoms. The molecule has 0 amide bonds. The number of hydrogen-bond donors (Lipinski definition) is 1. The standard InChI is InChI=1S/C9H8O4.C8H17N/c1-13-9(12)7-4-2-3-6(5-7)8(10)11;1-2-6-9-7-4-3-5-8-9/h2-5H,1H3,(H,10,11);2-8H2,1H3. The maximum Gasteiger partial charge on any atom is 0.337 e. The number of ether oxygens (including phenoxy) is 1. The van der Waals surface area contributed by atoms with Crippen molar-refractivity contribution in [1.82, 2.24) is 4.90 Å². The van der Waals surface area contributed by atoms with Crippen LogP contribution in [0.2, 0.25) is 0 Å². The summed E-state index contributed by atoms with van der Waals surface area (Å²) in [7, 11) is 1.25. The van der Waals surface area contributed by atoms with Crippen molar-refractivity contribution < 1.29 is 19.4 Å². The van der Waals surface area contributed by atoms with Crippen LogP contribution in [0, 0.1) is 0 Å². The van der Waals surface area contributed by atoms with Crippen LogP contribution in [0.25, 0.3) is 0 Å². The van der Waals surface area contributed by atoms with E-state index in [1.54, 1.807) is 0 Å². The van der Waals surface area contributed by atoms with E-state index in [0.717, 1.165) is 0 Å². The van der Waals surface area contributed by atoms with Gasteiger partial charge in [-0.05, 0) is 57.1 Å². The average molecular weight is 307 g/mol. The van der Waals surface area contributed by atoms with E-state index in [-0.39, 0.29) is 11.1 Å². The van der Waals surface area contributed by atoms with Gasteiger partial charge in [0.05, 0.1) is 18.2 Å². The number of carboxylic acids is 1. The van der Waals surface area contributed by atoms with E-state index < -0.39 is 11.9 Å². The van der Waals surface area contributed by atoms with Gasteiger partial charge in [-0.25, -0.2) is 9.59 Å². The predicted molar refractivity (Wildman–Crippen MR) is 85.3 cm³/mol. The molecular formula is C17H25NO4. The van der Waals surface area contributed by atoms with Crippen LogP contribution in [-0.2, 0) is 4.74 Å². The van der Waals surface area contributed by atoms with E-state index in [2.05, 4.69) is 16.6 Å². The number of carboxylic acid groups (broad SMARTS) is 1. The number of hydrogen-bond acceptors (Lipinski definition) is 4. The molecule has 0 radical (unpaired) electrons. The molecule has 0 saturated carbocycles. The fourth-order valence-corrected chi connectivity index (χ4v) is 2.40. The molecule has 5 heteroatoms. The lowest BCUT2D eigenvalue weighted by Crippen LogP contribution is -2.30. The van der Waals surface area contributed by atoms with Gasteiger partial charge in [-0.15, -0.1) is 0 Å². The lowest BCUT2D eigenvalue weighted by molar-refractivity contribution is 0.0600. The minimum absolute atomic E-state index is 0.0721. The Bertz CT molecular complexity index is 479. The first kappa shape index (κ1) is 18.2. The summed E-state index contributed by atoms with van der Waals surface area (Å²) in [6.45, 7) is 6.29. The third-order valence-corrected chi connectivity index (χ3v) is 3.52. The summed E-state index contributed by atoms with van der Waals surface area (Å²) in [5.41, 5.74) is 0.310. The summed E-state index contributed by atoms with van der Waals surface area (Å²) in [5, 5.41) is 8.61. The van der Waals surface area contributed by atoms with E-state index in [0.29, 0.717) is 0 Å². The molecule has 1 N–H and O–H groups in total. The minimum Gasteiger partial charge on any atom is -0.478 e. The maximum atomic E-state index is 11.0. The number of carbonyl (C=O) groups excluding carboxylic acids is 1. The molecule has 1 saturated heterocycles. The Kier molecular flexibility index (Phi) is 8.22. The molecule has 1 heterocycles. The molecule has 0 aliphatic carbocycles. The van der Waals surface area contributed by atoms with Gasteiger partial charge in [0.25, 0.3) is 0 Å². The number of piperidine rings is 1. The van der Waals surface area contributed by atoms with Crippen LogP contribution >= 0.6 is 0 Å². The monoisotopic (exact) mass is 307 g/mol. The van der Waals surface area contributed by atoms with E-state index in [4.69, 9.17) is 5.11 Å². The Morgan fingerprint density at radius 2 is 1.82 bits per heavy atom. The van der Waals surface area contributed by atoms with Gasteiger partial charge in [0.15, 0.2) is 0 Å². The Morgan fingerprint density at radius 1 is 1.18 bits per heavy atom. The van der Waals surface area contributed by atoms with Crippen molar-refractivity contribution in [2.75, 3.05) is 26.7 Å². The highest BCUT2D eigenvalue weighted by Crippen LogP contribution is 2.08. The van der Waals surface area contributed by atoms with E-state index in [1.165, 1.54) is 76.7 Å². The van der Waals surface area contributed by atoms with Crippen molar-refractivity contribution in [1.29, 1.82) is 0 Å². The first-order chi connectivity index (χ1) is 10.6. The summed E-state index contributed by atoms with van der Waals surface area (Å²) in [5.74, 6) is -1.60. The number of esters is 1. The van der Waals surface area contributed by atoms with Gasteiger partial charge in [-0.1, -0.05) is 19.4 Å². The highest BCUT2D eigenvalue weighted by Gasteiger charge is 2.08. The molecule has 1 aromatic carbocycles. The van der Waals surface area contributed by atoms with Crippen molar-refractivity contribution >= 4 is 11.9 Å². The second-order valence-corrected chi connectivity index (χ2v) is 5.28. The third kappa shape index (κ3) is 6.26. The Morgan fingerprint density at radius 3 is 2.36 bits per heavy atom. The van der Waals surface area contributed by atoms with Gasteiger partial charge in [0.1, 0.15) is 0 Å². The number of carbonyl (C=O) groups is 2. The minimum atomic E-state index is -1.06. The number of likely N-dealkylation sites (tertiary alicyclic amines) is 1. The van der Waals surface area contributed by atoms with Gasteiger partial charge in [-0.2, -0.15) is 0 Å². The van der Waals surface area contributed by atoms with Gasteiger partial charge < -0.3 is 14.7 Å². The summed E-state index contributed by atoms with van der Waals surface area (Å²) >= 11 is 0. The second-order valence-electron chi connectivity index (χ2n) is 5.28. The largest absolute Gasteiger partial charge is 0.478 e. The quantitative estimate of drug-likeness (QED) is 0.866. The fraction of sp³-hybridized carbons (Fsp3) is 0.529. The zero-order valence-corrected chi connectivity index (χ0v) is 13.4. The average Bonchev–Trinajstić information content (AvgIpc) is 2.56. The molecule has 1 aliphatic heterocycles. The smallest absolute Gasteiger partial charge is 0.337 e. The third-order valence-electron chi connectivity index (χ3n) is 3.52. The van der Waals surface area contributed by atoms with Crippen LogP contribution in [0.3, 0.4) is 0 Å².